The maximum Gasteiger partial charge on any atom is 0.253 e. The predicted octanol–water partition coefficient (Wildman–Crippen LogP) is 2.69. The molecule has 0 saturated heterocycles. The van der Waals surface area contributed by atoms with Gasteiger partial charge < -0.3 is 10.6 Å². The number of nitrogens with one attached hydrogen (secondary N) is 2. The first-order chi connectivity index (χ1) is 14.2. The van der Waals surface area contributed by atoms with Crippen LogP contribution in [-0.2, 0) is 16.0 Å². The van der Waals surface area contributed by atoms with Crippen molar-refractivity contribution in [3.05, 3.63) is 45.8 Å². The Hall–Kier alpha value is -2.94. The second-order valence-electron chi connectivity index (χ2n) is 7.35. The Morgan fingerprint density at radius 3 is 2.33 bits per heavy atom. The third kappa shape index (κ3) is 4.62. The molecule has 2 heterocycles. The molecule has 0 radical (unpaired) electrons. The number of carbonyl (C=O) groups excluding carboxylic acids is 2. The molecule has 2 aromatic heterocycles. The van der Waals surface area contributed by atoms with Gasteiger partial charge in [0.05, 0.1) is 13.0 Å². The van der Waals surface area contributed by atoms with Crippen molar-refractivity contribution < 1.29 is 9.59 Å². The number of fused-ring (bicyclic) bond motifs is 1. The number of hydrogen-bond acceptors (Lipinski definition) is 6. The first kappa shape index (κ1) is 21.8. The summed E-state index contributed by atoms with van der Waals surface area (Å²) in [5.41, 5.74) is 6.25. The fourth-order valence-electron chi connectivity index (χ4n) is 3.50. The van der Waals surface area contributed by atoms with Crippen molar-refractivity contribution in [2.24, 2.45) is 0 Å². The first-order valence-corrected chi connectivity index (χ1v) is 10.8. The molecule has 2 N–H and O–H groups in total. The zero-order chi connectivity index (χ0) is 22.0. The molecule has 0 aliphatic heterocycles. The van der Waals surface area contributed by atoms with Crippen molar-refractivity contribution in [1.82, 2.24) is 24.9 Å². The highest BCUT2D eigenvalue weighted by Gasteiger charge is 2.17. The minimum Gasteiger partial charge on any atom is -0.347 e. The molecule has 8 nitrogen and oxygen atoms in total. The Morgan fingerprint density at radius 2 is 1.70 bits per heavy atom. The fourth-order valence-corrected chi connectivity index (χ4v) is 3.83. The summed E-state index contributed by atoms with van der Waals surface area (Å²) in [5, 5.41) is 10.6. The van der Waals surface area contributed by atoms with Crippen LogP contribution >= 0.6 is 11.8 Å². The maximum absolute atomic E-state index is 12.5. The second kappa shape index (κ2) is 8.83. The number of aryl methyl sites for hydroxylation is 5. The van der Waals surface area contributed by atoms with Crippen molar-refractivity contribution in [3.63, 3.8) is 0 Å². The van der Waals surface area contributed by atoms with E-state index < -0.39 is 0 Å². The summed E-state index contributed by atoms with van der Waals surface area (Å²) in [6, 6.07) is 4.03. The number of nitrogens with zero attached hydrogens (tertiary/aromatic N) is 4. The van der Waals surface area contributed by atoms with Crippen LogP contribution in [0.4, 0.5) is 5.69 Å². The van der Waals surface area contributed by atoms with Crippen molar-refractivity contribution >= 4 is 35.0 Å². The number of anilines is 1. The van der Waals surface area contributed by atoms with Crippen LogP contribution in [0, 0.1) is 34.6 Å². The van der Waals surface area contributed by atoms with Gasteiger partial charge in [-0.05, 0) is 52.0 Å². The van der Waals surface area contributed by atoms with Crippen molar-refractivity contribution in [2.75, 3.05) is 18.1 Å². The lowest BCUT2D eigenvalue weighted by Crippen LogP contribution is -2.34. The Balaban J connectivity index is 1.65. The van der Waals surface area contributed by atoms with Gasteiger partial charge >= 0.3 is 0 Å². The zero-order valence-electron chi connectivity index (χ0n) is 18.1. The van der Waals surface area contributed by atoms with Gasteiger partial charge in [-0.25, -0.2) is 9.50 Å². The van der Waals surface area contributed by atoms with Crippen LogP contribution in [-0.4, -0.2) is 44.2 Å². The monoisotopic (exact) mass is 426 g/mol. The fraction of sp³-hybridized carbons (Fsp3) is 0.381. The molecule has 158 valence electrons. The van der Waals surface area contributed by atoms with Gasteiger partial charge in [-0.2, -0.15) is 4.98 Å². The van der Waals surface area contributed by atoms with E-state index in [2.05, 4.69) is 25.7 Å². The first-order valence-electron chi connectivity index (χ1n) is 9.60. The lowest BCUT2D eigenvalue weighted by Gasteiger charge is -2.14. The maximum atomic E-state index is 12.5. The minimum atomic E-state index is -0.263. The molecule has 2 amide bonds. The van der Waals surface area contributed by atoms with Gasteiger partial charge in [0, 0.05) is 22.6 Å². The van der Waals surface area contributed by atoms with E-state index in [1.54, 1.807) is 4.52 Å². The smallest absolute Gasteiger partial charge is 0.253 e. The second-order valence-corrected chi connectivity index (χ2v) is 8.12. The average Bonchev–Trinajstić information content (AvgIpc) is 3.09. The van der Waals surface area contributed by atoms with Gasteiger partial charge in [0.15, 0.2) is 0 Å². The van der Waals surface area contributed by atoms with Gasteiger partial charge in [-0.1, -0.05) is 29.5 Å². The molecule has 30 heavy (non-hydrogen) atoms. The van der Waals surface area contributed by atoms with E-state index in [9.17, 15) is 9.59 Å². The van der Waals surface area contributed by atoms with E-state index in [1.165, 1.54) is 11.8 Å². The predicted molar refractivity (Wildman–Crippen MR) is 118 cm³/mol. The molecule has 0 atom stereocenters. The van der Waals surface area contributed by atoms with Crippen molar-refractivity contribution in [1.29, 1.82) is 0 Å². The SMILES string of the molecule is CSc1nc2nc(C)c(CC(=O)NCC(=O)Nc3c(C)cc(C)cc3C)c(C)n2n1. The number of amides is 2. The molecular weight excluding hydrogens is 400 g/mol. The van der Waals surface area contributed by atoms with Crippen LogP contribution in [0.15, 0.2) is 17.3 Å². The summed E-state index contributed by atoms with van der Waals surface area (Å²) in [6.45, 7) is 9.56. The van der Waals surface area contributed by atoms with Crippen LogP contribution in [0.1, 0.15) is 33.6 Å². The summed E-state index contributed by atoms with van der Waals surface area (Å²) in [6.07, 6.45) is 2.01. The molecule has 0 aliphatic carbocycles. The van der Waals surface area contributed by atoms with E-state index in [1.807, 2.05) is 53.0 Å². The van der Waals surface area contributed by atoms with E-state index in [0.29, 0.717) is 10.9 Å². The average molecular weight is 427 g/mol. The Labute approximate surface area is 179 Å². The molecule has 1 aromatic carbocycles. The highest BCUT2D eigenvalue weighted by molar-refractivity contribution is 7.98. The minimum absolute atomic E-state index is 0.0979. The van der Waals surface area contributed by atoms with Crippen LogP contribution in [0.25, 0.3) is 5.78 Å². The number of aromatic nitrogens is 4. The number of rotatable bonds is 6. The largest absolute Gasteiger partial charge is 0.347 e. The van der Waals surface area contributed by atoms with Crippen LogP contribution in [0.2, 0.25) is 0 Å². The van der Waals surface area contributed by atoms with E-state index in [4.69, 9.17) is 0 Å². The Morgan fingerprint density at radius 1 is 1.03 bits per heavy atom. The van der Waals surface area contributed by atoms with Crippen LogP contribution in [0.3, 0.4) is 0 Å². The Bertz CT molecular complexity index is 1120. The summed E-state index contributed by atoms with van der Waals surface area (Å²) >= 11 is 1.44. The molecule has 0 spiro atoms. The molecular formula is C21H26N6O2S. The highest BCUT2D eigenvalue weighted by atomic mass is 32.2. The molecule has 0 saturated carbocycles. The molecule has 3 rings (SSSR count). The van der Waals surface area contributed by atoms with E-state index >= 15 is 0 Å². The summed E-state index contributed by atoms with van der Waals surface area (Å²) < 4.78 is 1.65. The topological polar surface area (TPSA) is 101 Å². The molecule has 9 heteroatoms. The van der Waals surface area contributed by atoms with Gasteiger partial charge in [-0.3, -0.25) is 9.59 Å². The number of benzene rings is 1. The normalized spacial score (nSPS) is 11.0. The summed E-state index contributed by atoms with van der Waals surface area (Å²) in [5.74, 6) is 0.00286. The lowest BCUT2D eigenvalue weighted by molar-refractivity contribution is -0.123. The number of hydrogen-bond donors (Lipinski definition) is 2. The van der Waals surface area contributed by atoms with Gasteiger partial charge in [0.25, 0.3) is 5.78 Å². The van der Waals surface area contributed by atoms with Crippen molar-refractivity contribution in [2.45, 2.75) is 46.2 Å². The molecule has 0 bridgehead atoms. The van der Waals surface area contributed by atoms with Crippen LogP contribution < -0.4 is 10.6 Å². The summed E-state index contributed by atoms with van der Waals surface area (Å²) in [7, 11) is 0. The quantitative estimate of drug-likeness (QED) is 0.588. The van der Waals surface area contributed by atoms with Gasteiger partial charge in [0.1, 0.15) is 0 Å². The van der Waals surface area contributed by atoms with Gasteiger partial charge in [-0.15, -0.1) is 5.10 Å². The number of thioether (sulfide) groups is 1. The van der Waals surface area contributed by atoms with Gasteiger partial charge in [0.2, 0.25) is 17.0 Å². The third-order valence-corrected chi connectivity index (χ3v) is 5.48. The summed E-state index contributed by atoms with van der Waals surface area (Å²) in [4.78, 5) is 33.6. The zero-order valence-corrected chi connectivity index (χ0v) is 18.9. The molecule has 0 unspecified atom stereocenters. The molecule has 3 aromatic rings. The highest BCUT2D eigenvalue weighted by Crippen LogP contribution is 2.21. The Kier molecular flexibility index (Phi) is 6.40. The van der Waals surface area contributed by atoms with Crippen molar-refractivity contribution in [3.8, 4) is 0 Å². The number of carbonyl (C=O) groups is 2. The lowest BCUT2D eigenvalue weighted by atomic mass is 10.1. The van der Waals surface area contributed by atoms with E-state index in [-0.39, 0.29) is 24.8 Å². The van der Waals surface area contributed by atoms with Crippen LogP contribution in [0.5, 0.6) is 0 Å². The molecule has 0 fully saturated rings. The standard InChI is InChI=1S/C21H26N6O2S/c1-11-7-12(2)19(13(3)8-11)24-18(29)10-22-17(28)9-16-14(4)23-20-25-21(30-6)26-27(20)15(16)5/h7-8H,9-10H2,1-6H3,(H,22,28)(H,24,29). The third-order valence-electron chi connectivity index (χ3n) is 4.94. The molecule has 0 aliphatic rings. The van der Waals surface area contributed by atoms with E-state index in [0.717, 1.165) is 39.3 Å².